The van der Waals surface area contributed by atoms with E-state index in [-0.39, 0.29) is 0 Å². The molecule has 1 heterocycles. The van der Waals surface area contributed by atoms with Crippen molar-refractivity contribution in [1.29, 1.82) is 0 Å². The third kappa shape index (κ3) is 2.13. The Labute approximate surface area is 89.0 Å². The van der Waals surface area contributed by atoms with E-state index < -0.39 is 0 Å². The number of aromatic nitrogens is 2. The molecule has 76 valence electrons. The fourth-order valence-corrected chi connectivity index (χ4v) is 1.45. The predicted octanol–water partition coefficient (Wildman–Crippen LogP) is 2.29. The van der Waals surface area contributed by atoms with Gasteiger partial charge in [0, 0.05) is 11.8 Å². The van der Waals surface area contributed by atoms with Gasteiger partial charge >= 0.3 is 0 Å². The molecule has 3 heteroatoms. The van der Waals surface area contributed by atoms with Crippen molar-refractivity contribution in [2.75, 3.05) is 5.73 Å². The van der Waals surface area contributed by atoms with Crippen molar-refractivity contribution >= 4 is 5.95 Å². The van der Waals surface area contributed by atoms with Crippen LogP contribution in [-0.2, 0) is 6.42 Å². The topological polar surface area (TPSA) is 51.8 Å². The second-order valence-corrected chi connectivity index (χ2v) is 3.35. The minimum absolute atomic E-state index is 0.312. The summed E-state index contributed by atoms with van der Waals surface area (Å²) in [4.78, 5) is 8.03. The van der Waals surface area contributed by atoms with Gasteiger partial charge in [0.25, 0.3) is 0 Å². The van der Waals surface area contributed by atoms with E-state index in [0.29, 0.717) is 5.95 Å². The number of nitrogens with zero attached hydrogens (tertiary/aromatic N) is 2. The molecule has 0 radical (unpaired) electrons. The fraction of sp³-hybridized carbons (Fsp3) is 0.167. The first-order valence-corrected chi connectivity index (χ1v) is 4.97. The van der Waals surface area contributed by atoms with Gasteiger partial charge in [-0.1, -0.05) is 31.2 Å². The van der Waals surface area contributed by atoms with Crippen LogP contribution >= 0.6 is 0 Å². The van der Waals surface area contributed by atoms with Crippen molar-refractivity contribution in [1.82, 2.24) is 9.97 Å². The second-order valence-electron chi connectivity index (χ2n) is 3.35. The molecular formula is C12H13N3. The van der Waals surface area contributed by atoms with Crippen LogP contribution in [-0.4, -0.2) is 9.97 Å². The molecule has 0 saturated heterocycles. The molecule has 0 bridgehead atoms. The maximum absolute atomic E-state index is 5.53. The smallest absolute Gasteiger partial charge is 0.220 e. The Kier molecular flexibility index (Phi) is 2.63. The van der Waals surface area contributed by atoms with Gasteiger partial charge in [0.2, 0.25) is 5.95 Å². The van der Waals surface area contributed by atoms with Crippen LogP contribution in [0.15, 0.2) is 36.5 Å². The van der Waals surface area contributed by atoms with Crippen LogP contribution in [0.1, 0.15) is 12.5 Å². The fourth-order valence-electron chi connectivity index (χ4n) is 1.45. The van der Waals surface area contributed by atoms with Gasteiger partial charge in [-0.3, -0.25) is 0 Å². The molecule has 1 aromatic heterocycles. The summed E-state index contributed by atoms with van der Waals surface area (Å²) in [5, 5.41) is 0. The SMILES string of the molecule is CCc1ccc(-c2ccnc(N)n2)cc1. The molecule has 2 rings (SSSR count). The van der Waals surface area contributed by atoms with Crippen LogP contribution < -0.4 is 5.73 Å². The lowest BCUT2D eigenvalue weighted by Crippen LogP contribution is -1.95. The molecular weight excluding hydrogens is 186 g/mol. The molecule has 0 aliphatic heterocycles. The molecule has 0 spiro atoms. The zero-order valence-corrected chi connectivity index (χ0v) is 8.64. The number of rotatable bonds is 2. The molecule has 15 heavy (non-hydrogen) atoms. The van der Waals surface area contributed by atoms with Crippen molar-refractivity contribution in [2.45, 2.75) is 13.3 Å². The Morgan fingerprint density at radius 3 is 2.47 bits per heavy atom. The summed E-state index contributed by atoms with van der Waals surface area (Å²) in [5.74, 6) is 0.312. The largest absolute Gasteiger partial charge is 0.368 e. The summed E-state index contributed by atoms with van der Waals surface area (Å²) in [6.07, 6.45) is 2.72. The van der Waals surface area contributed by atoms with Crippen LogP contribution in [0.4, 0.5) is 5.95 Å². The quantitative estimate of drug-likeness (QED) is 0.807. The summed E-state index contributed by atoms with van der Waals surface area (Å²) < 4.78 is 0. The number of benzene rings is 1. The van der Waals surface area contributed by atoms with Gasteiger partial charge in [-0.2, -0.15) is 0 Å². The highest BCUT2D eigenvalue weighted by atomic mass is 15.0. The highest BCUT2D eigenvalue weighted by Crippen LogP contribution is 2.17. The average molecular weight is 199 g/mol. The van der Waals surface area contributed by atoms with Crippen molar-refractivity contribution in [3.63, 3.8) is 0 Å². The lowest BCUT2D eigenvalue weighted by Gasteiger charge is -2.02. The van der Waals surface area contributed by atoms with E-state index in [1.165, 1.54) is 5.56 Å². The maximum atomic E-state index is 5.53. The molecule has 0 amide bonds. The lowest BCUT2D eigenvalue weighted by molar-refractivity contribution is 1.14. The number of aryl methyl sites for hydroxylation is 1. The van der Waals surface area contributed by atoms with Crippen molar-refractivity contribution in [2.24, 2.45) is 0 Å². The molecule has 3 nitrogen and oxygen atoms in total. The van der Waals surface area contributed by atoms with E-state index in [4.69, 9.17) is 5.73 Å². The first-order valence-electron chi connectivity index (χ1n) is 4.97. The van der Waals surface area contributed by atoms with E-state index in [0.717, 1.165) is 17.7 Å². The van der Waals surface area contributed by atoms with Crippen LogP contribution in [0.3, 0.4) is 0 Å². The molecule has 2 N–H and O–H groups in total. The number of hydrogen-bond donors (Lipinski definition) is 1. The predicted molar refractivity (Wildman–Crippen MR) is 61.3 cm³/mol. The van der Waals surface area contributed by atoms with E-state index in [1.54, 1.807) is 6.20 Å². The number of anilines is 1. The number of nitrogen functional groups attached to an aromatic ring is 1. The Hall–Kier alpha value is -1.90. The standard InChI is InChI=1S/C12H13N3/c1-2-9-3-5-10(6-4-9)11-7-8-14-12(13)15-11/h3-8H,2H2,1H3,(H2,13,14,15). The molecule has 2 aromatic rings. The summed E-state index contributed by atoms with van der Waals surface area (Å²) in [5.41, 5.74) is 8.79. The molecule has 0 aliphatic rings. The van der Waals surface area contributed by atoms with Crippen molar-refractivity contribution < 1.29 is 0 Å². The summed E-state index contributed by atoms with van der Waals surface area (Å²) in [6.45, 7) is 2.14. The van der Waals surface area contributed by atoms with E-state index in [1.807, 2.05) is 6.07 Å². The monoisotopic (exact) mass is 199 g/mol. The zero-order chi connectivity index (χ0) is 10.7. The van der Waals surface area contributed by atoms with Crippen molar-refractivity contribution in [3.05, 3.63) is 42.1 Å². The third-order valence-electron chi connectivity index (χ3n) is 2.33. The molecule has 0 fully saturated rings. The molecule has 0 aliphatic carbocycles. The van der Waals surface area contributed by atoms with Crippen LogP contribution in [0, 0.1) is 0 Å². The highest BCUT2D eigenvalue weighted by Gasteiger charge is 1.99. The Bertz CT molecular complexity index is 449. The number of nitrogens with two attached hydrogens (primary N) is 1. The number of hydrogen-bond acceptors (Lipinski definition) is 3. The summed E-state index contributed by atoms with van der Waals surface area (Å²) in [7, 11) is 0. The molecule has 1 aromatic carbocycles. The first-order chi connectivity index (χ1) is 7.29. The van der Waals surface area contributed by atoms with Gasteiger partial charge in [0.15, 0.2) is 0 Å². The third-order valence-corrected chi connectivity index (χ3v) is 2.33. The first kappa shape index (κ1) is 9.65. The minimum Gasteiger partial charge on any atom is -0.368 e. The maximum Gasteiger partial charge on any atom is 0.220 e. The zero-order valence-electron chi connectivity index (χ0n) is 8.64. The average Bonchev–Trinajstić information content (AvgIpc) is 2.29. The second kappa shape index (κ2) is 4.09. The molecule has 0 saturated carbocycles. The molecule has 0 atom stereocenters. The Balaban J connectivity index is 2.37. The Morgan fingerprint density at radius 2 is 1.87 bits per heavy atom. The van der Waals surface area contributed by atoms with Gasteiger partial charge < -0.3 is 5.73 Å². The van der Waals surface area contributed by atoms with Gasteiger partial charge in [0.05, 0.1) is 5.69 Å². The van der Waals surface area contributed by atoms with E-state index in [2.05, 4.69) is 41.2 Å². The lowest BCUT2D eigenvalue weighted by atomic mass is 10.1. The molecule has 0 unspecified atom stereocenters. The highest BCUT2D eigenvalue weighted by molar-refractivity contribution is 5.59. The summed E-state index contributed by atoms with van der Waals surface area (Å²) in [6, 6.07) is 10.2. The van der Waals surface area contributed by atoms with Gasteiger partial charge in [0.1, 0.15) is 0 Å². The minimum atomic E-state index is 0.312. The van der Waals surface area contributed by atoms with Crippen LogP contribution in [0.2, 0.25) is 0 Å². The van der Waals surface area contributed by atoms with Crippen molar-refractivity contribution in [3.8, 4) is 11.3 Å². The van der Waals surface area contributed by atoms with E-state index in [9.17, 15) is 0 Å². The van der Waals surface area contributed by atoms with Gasteiger partial charge in [-0.05, 0) is 18.1 Å². The normalized spacial score (nSPS) is 10.2. The van der Waals surface area contributed by atoms with Gasteiger partial charge in [-0.15, -0.1) is 0 Å². The van der Waals surface area contributed by atoms with Crippen LogP contribution in [0.25, 0.3) is 11.3 Å². The summed E-state index contributed by atoms with van der Waals surface area (Å²) >= 11 is 0. The van der Waals surface area contributed by atoms with Gasteiger partial charge in [-0.25, -0.2) is 9.97 Å². The van der Waals surface area contributed by atoms with E-state index >= 15 is 0 Å². The Morgan fingerprint density at radius 1 is 1.13 bits per heavy atom. The van der Waals surface area contributed by atoms with Crippen LogP contribution in [0.5, 0.6) is 0 Å².